The summed E-state index contributed by atoms with van der Waals surface area (Å²) < 4.78 is 37.9. The number of sulfonamides is 1. The second-order valence-electron chi connectivity index (χ2n) is 5.21. The predicted octanol–water partition coefficient (Wildman–Crippen LogP) is 2.13. The van der Waals surface area contributed by atoms with E-state index in [-0.39, 0.29) is 10.8 Å². The van der Waals surface area contributed by atoms with Crippen LogP contribution < -0.4 is 4.74 Å². The molecule has 1 aliphatic rings. The van der Waals surface area contributed by atoms with E-state index in [2.05, 4.69) is 0 Å². The zero-order chi connectivity index (χ0) is 15.3. The summed E-state index contributed by atoms with van der Waals surface area (Å²) in [5, 5.41) is 0. The molecule has 0 aromatic heterocycles. The van der Waals surface area contributed by atoms with E-state index < -0.39 is 10.0 Å². The van der Waals surface area contributed by atoms with E-state index >= 15 is 0 Å². The summed E-state index contributed by atoms with van der Waals surface area (Å²) in [5.41, 5.74) is 0. The van der Waals surface area contributed by atoms with Gasteiger partial charge in [0.2, 0.25) is 10.0 Å². The molecule has 1 fully saturated rings. The molecule has 1 unspecified atom stereocenters. The van der Waals surface area contributed by atoms with E-state index in [1.54, 1.807) is 35.7 Å². The smallest absolute Gasteiger partial charge is 0.246 e. The molecule has 21 heavy (non-hydrogen) atoms. The Morgan fingerprint density at radius 2 is 2.10 bits per heavy atom. The number of hydrogen-bond donors (Lipinski definition) is 0. The van der Waals surface area contributed by atoms with Crippen LogP contribution in [0.1, 0.15) is 19.8 Å². The van der Waals surface area contributed by atoms with Crippen molar-refractivity contribution in [2.45, 2.75) is 24.7 Å². The van der Waals surface area contributed by atoms with E-state index in [0.29, 0.717) is 32.1 Å². The summed E-state index contributed by atoms with van der Waals surface area (Å²) in [4.78, 5) is 0.255. The fraction of sp³-hybridized carbons (Fsp3) is 0.600. The zero-order valence-electron chi connectivity index (χ0n) is 12.6. The van der Waals surface area contributed by atoms with Crippen LogP contribution in [0.2, 0.25) is 0 Å². The number of hydrogen-bond acceptors (Lipinski definition) is 4. The normalized spacial score (nSPS) is 20.4. The quantitative estimate of drug-likeness (QED) is 0.807. The summed E-state index contributed by atoms with van der Waals surface area (Å²) in [7, 11) is -1.86. The fourth-order valence-electron chi connectivity index (χ4n) is 2.69. The fourth-order valence-corrected chi connectivity index (χ4v) is 4.38. The number of nitrogens with zero attached hydrogens (tertiary/aromatic N) is 1. The van der Waals surface area contributed by atoms with E-state index in [1.165, 1.54) is 0 Å². The van der Waals surface area contributed by atoms with Crippen molar-refractivity contribution in [2.24, 2.45) is 5.92 Å². The summed E-state index contributed by atoms with van der Waals surface area (Å²) in [5.74, 6) is 0.687. The lowest BCUT2D eigenvalue weighted by molar-refractivity contribution is 0.118. The maximum absolute atomic E-state index is 12.8. The van der Waals surface area contributed by atoms with Crippen molar-refractivity contribution in [3.8, 4) is 5.75 Å². The molecular weight excluding hydrogens is 290 g/mol. The molecule has 0 amide bonds. The topological polar surface area (TPSA) is 55.8 Å². The molecule has 1 aromatic carbocycles. The number of para-hydroxylation sites is 1. The third-order valence-corrected chi connectivity index (χ3v) is 5.56. The minimum Gasteiger partial charge on any atom is -0.492 e. The van der Waals surface area contributed by atoms with Gasteiger partial charge in [0, 0.05) is 20.2 Å². The monoisotopic (exact) mass is 313 g/mol. The van der Waals surface area contributed by atoms with Crippen molar-refractivity contribution in [2.75, 3.05) is 33.4 Å². The lowest BCUT2D eigenvalue weighted by atomic mass is 10.0. The molecule has 1 heterocycles. The minimum absolute atomic E-state index is 0.255. The molecule has 2 rings (SSSR count). The Bertz CT molecular complexity index is 557. The molecule has 6 heteroatoms. The molecule has 0 spiro atoms. The summed E-state index contributed by atoms with van der Waals surface area (Å²) >= 11 is 0. The lowest BCUT2D eigenvalue weighted by Gasteiger charge is -2.31. The van der Waals surface area contributed by atoms with Gasteiger partial charge in [-0.05, 0) is 37.8 Å². The van der Waals surface area contributed by atoms with E-state index in [0.717, 1.165) is 12.8 Å². The van der Waals surface area contributed by atoms with E-state index in [1.807, 2.05) is 6.92 Å². The highest BCUT2D eigenvalue weighted by Crippen LogP contribution is 2.29. The number of piperidine rings is 1. The van der Waals surface area contributed by atoms with Crippen LogP contribution in [0, 0.1) is 5.92 Å². The molecule has 0 aliphatic carbocycles. The van der Waals surface area contributed by atoms with Crippen LogP contribution >= 0.6 is 0 Å². The maximum Gasteiger partial charge on any atom is 0.246 e. The highest BCUT2D eigenvalue weighted by molar-refractivity contribution is 7.89. The molecule has 0 N–H and O–H groups in total. The van der Waals surface area contributed by atoms with Crippen molar-refractivity contribution in [3.63, 3.8) is 0 Å². The Balaban J connectivity index is 2.25. The van der Waals surface area contributed by atoms with Crippen molar-refractivity contribution >= 4 is 10.0 Å². The molecule has 1 aromatic rings. The van der Waals surface area contributed by atoms with Gasteiger partial charge in [-0.2, -0.15) is 4.31 Å². The Kier molecular flexibility index (Phi) is 5.61. The molecule has 1 saturated heterocycles. The van der Waals surface area contributed by atoms with Crippen LogP contribution in [-0.2, 0) is 14.8 Å². The Morgan fingerprint density at radius 1 is 1.33 bits per heavy atom. The second-order valence-corrected chi connectivity index (χ2v) is 7.11. The molecule has 0 radical (unpaired) electrons. The zero-order valence-corrected chi connectivity index (χ0v) is 13.4. The number of benzene rings is 1. The first-order chi connectivity index (χ1) is 10.1. The van der Waals surface area contributed by atoms with E-state index in [4.69, 9.17) is 9.47 Å². The minimum atomic E-state index is -3.51. The summed E-state index contributed by atoms with van der Waals surface area (Å²) in [6, 6.07) is 6.83. The molecule has 0 bridgehead atoms. The predicted molar refractivity (Wildman–Crippen MR) is 81.0 cm³/mol. The van der Waals surface area contributed by atoms with Crippen molar-refractivity contribution < 1.29 is 17.9 Å². The highest BCUT2D eigenvalue weighted by atomic mass is 32.2. The SMILES string of the molecule is CCOc1ccccc1S(=O)(=O)N1CCCC(COC)C1. The first kappa shape index (κ1) is 16.3. The number of ether oxygens (including phenoxy) is 2. The van der Waals surface area contributed by atoms with Gasteiger partial charge < -0.3 is 9.47 Å². The molecule has 0 saturated carbocycles. The molecule has 1 aliphatic heterocycles. The Hall–Kier alpha value is -1.11. The first-order valence-corrected chi connectivity index (χ1v) is 8.74. The summed E-state index contributed by atoms with van der Waals surface area (Å²) in [6.07, 6.45) is 1.87. The standard InChI is InChI=1S/C15H23NO4S/c1-3-20-14-8-4-5-9-15(14)21(17,18)16-10-6-7-13(11-16)12-19-2/h4-5,8-9,13H,3,6-7,10-12H2,1-2H3. The molecule has 5 nitrogen and oxygen atoms in total. The lowest BCUT2D eigenvalue weighted by Crippen LogP contribution is -2.41. The van der Waals surface area contributed by atoms with Crippen LogP contribution in [0.25, 0.3) is 0 Å². The Labute approximate surface area is 126 Å². The van der Waals surface area contributed by atoms with Gasteiger partial charge in [-0.15, -0.1) is 0 Å². The number of methoxy groups -OCH3 is 1. The second kappa shape index (κ2) is 7.24. The van der Waals surface area contributed by atoms with Gasteiger partial charge in [0.05, 0.1) is 13.2 Å². The average molecular weight is 313 g/mol. The van der Waals surface area contributed by atoms with E-state index in [9.17, 15) is 8.42 Å². The highest BCUT2D eigenvalue weighted by Gasteiger charge is 2.32. The largest absolute Gasteiger partial charge is 0.492 e. The van der Waals surface area contributed by atoms with Crippen molar-refractivity contribution in [1.82, 2.24) is 4.31 Å². The van der Waals surface area contributed by atoms with Crippen LogP contribution in [0.3, 0.4) is 0 Å². The van der Waals surface area contributed by atoms with Gasteiger partial charge in [0.15, 0.2) is 0 Å². The molecular formula is C15H23NO4S. The maximum atomic E-state index is 12.8. The van der Waals surface area contributed by atoms with Gasteiger partial charge in [-0.1, -0.05) is 12.1 Å². The summed E-state index contributed by atoms with van der Waals surface area (Å²) in [6.45, 7) is 3.95. The van der Waals surface area contributed by atoms with Gasteiger partial charge in [-0.25, -0.2) is 8.42 Å². The van der Waals surface area contributed by atoms with Crippen molar-refractivity contribution in [1.29, 1.82) is 0 Å². The van der Waals surface area contributed by atoms with Crippen LogP contribution in [0.4, 0.5) is 0 Å². The molecule has 1 atom stereocenters. The van der Waals surface area contributed by atoms with Gasteiger partial charge >= 0.3 is 0 Å². The third kappa shape index (κ3) is 3.75. The number of rotatable bonds is 6. The van der Waals surface area contributed by atoms with Gasteiger partial charge in [0.1, 0.15) is 10.6 Å². The first-order valence-electron chi connectivity index (χ1n) is 7.30. The van der Waals surface area contributed by atoms with Crippen LogP contribution in [0.5, 0.6) is 5.75 Å². The van der Waals surface area contributed by atoms with Gasteiger partial charge in [-0.3, -0.25) is 0 Å². The average Bonchev–Trinajstić information content (AvgIpc) is 2.49. The third-order valence-electron chi connectivity index (χ3n) is 3.65. The van der Waals surface area contributed by atoms with Crippen LogP contribution in [0.15, 0.2) is 29.2 Å². The molecule has 118 valence electrons. The van der Waals surface area contributed by atoms with Crippen LogP contribution in [-0.4, -0.2) is 46.1 Å². The van der Waals surface area contributed by atoms with Gasteiger partial charge in [0.25, 0.3) is 0 Å². The van der Waals surface area contributed by atoms with Crippen molar-refractivity contribution in [3.05, 3.63) is 24.3 Å². The Morgan fingerprint density at radius 3 is 2.81 bits per heavy atom.